The van der Waals surface area contributed by atoms with E-state index >= 15 is 0 Å². The first-order valence-electron chi connectivity index (χ1n) is 7.87. The summed E-state index contributed by atoms with van der Waals surface area (Å²) < 4.78 is 41.5. The Kier molecular flexibility index (Phi) is 4.57. The molecule has 0 saturated heterocycles. The van der Waals surface area contributed by atoms with Crippen molar-refractivity contribution in [3.63, 3.8) is 0 Å². The summed E-state index contributed by atoms with van der Waals surface area (Å²) in [4.78, 5) is 10.1. The number of halogens is 1. The van der Waals surface area contributed by atoms with Crippen LogP contribution >= 0.6 is 0 Å². The summed E-state index contributed by atoms with van der Waals surface area (Å²) in [5.74, 6) is -0.380. The first-order valence-corrected chi connectivity index (χ1v) is 9.35. The molecule has 0 amide bonds. The van der Waals surface area contributed by atoms with Gasteiger partial charge in [0.25, 0.3) is 5.69 Å². The number of nitro benzene ring substituents is 1. The van der Waals surface area contributed by atoms with E-state index in [2.05, 4.69) is 4.72 Å². The third kappa shape index (κ3) is 3.54. The molecule has 0 spiro atoms. The van der Waals surface area contributed by atoms with E-state index in [1.165, 1.54) is 24.3 Å². The summed E-state index contributed by atoms with van der Waals surface area (Å²) >= 11 is 0. The number of rotatable bonds is 5. The van der Waals surface area contributed by atoms with Crippen molar-refractivity contribution in [3.8, 4) is 0 Å². The molecular weight excluding hydrogens is 347 g/mol. The van der Waals surface area contributed by atoms with Crippen molar-refractivity contribution in [2.24, 2.45) is 0 Å². The lowest BCUT2D eigenvalue weighted by atomic mass is 9.89. The van der Waals surface area contributed by atoms with Crippen LogP contribution in [0.4, 0.5) is 10.1 Å². The smallest absolute Gasteiger partial charge is 0.258 e. The Bertz CT molecular complexity index is 874. The predicted octanol–water partition coefficient (Wildman–Crippen LogP) is 3.48. The number of nitrogens with one attached hydrogen (secondary N) is 1. The van der Waals surface area contributed by atoms with Crippen LogP contribution in [0.2, 0.25) is 0 Å². The molecule has 25 heavy (non-hydrogen) atoms. The van der Waals surface area contributed by atoms with Crippen molar-refractivity contribution in [3.05, 3.63) is 70.0 Å². The molecule has 1 N–H and O–H groups in total. The number of nitrogens with zero attached hydrogens (tertiary/aromatic N) is 1. The molecule has 3 rings (SSSR count). The number of non-ortho nitro benzene ring substituents is 1. The van der Waals surface area contributed by atoms with Crippen molar-refractivity contribution in [1.29, 1.82) is 0 Å². The fourth-order valence-corrected chi connectivity index (χ4v) is 4.71. The first-order chi connectivity index (χ1) is 11.8. The molecule has 1 aliphatic rings. The minimum absolute atomic E-state index is 0.0357. The van der Waals surface area contributed by atoms with Crippen LogP contribution in [0.5, 0.6) is 0 Å². The number of hydrogen-bond acceptors (Lipinski definition) is 4. The summed E-state index contributed by atoms with van der Waals surface area (Å²) in [5, 5.41) is 10.7. The Labute approximate surface area is 144 Å². The quantitative estimate of drug-likeness (QED) is 0.650. The monoisotopic (exact) mass is 364 g/mol. The Balaban J connectivity index is 1.93. The summed E-state index contributed by atoms with van der Waals surface area (Å²) in [6, 6.07) is 10.6. The van der Waals surface area contributed by atoms with Crippen molar-refractivity contribution >= 4 is 15.7 Å². The number of benzene rings is 2. The minimum atomic E-state index is -3.87. The van der Waals surface area contributed by atoms with Crippen LogP contribution in [0.15, 0.2) is 53.4 Å². The molecule has 0 bridgehead atoms. The van der Waals surface area contributed by atoms with Crippen molar-refractivity contribution in [1.82, 2.24) is 4.72 Å². The third-order valence-corrected chi connectivity index (χ3v) is 6.09. The molecular formula is C17H17FN2O4S. The lowest BCUT2D eigenvalue weighted by molar-refractivity contribution is -0.384. The average Bonchev–Trinajstić information content (AvgIpc) is 3.04. The molecule has 0 radical (unpaired) electrons. The first kappa shape index (κ1) is 17.5. The highest BCUT2D eigenvalue weighted by atomic mass is 32.2. The van der Waals surface area contributed by atoms with Crippen LogP contribution in [0.1, 0.15) is 31.2 Å². The second kappa shape index (κ2) is 6.53. The zero-order chi connectivity index (χ0) is 18.1. The van der Waals surface area contributed by atoms with Gasteiger partial charge in [-0.25, -0.2) is 17.5 Å². The van der Waals surface area contributed by atoms with E-state index in [1.807, 2.05) is 0 Å². The van der Waals surface area contributed by atoms with E-state index in [9.17, 15) is 22.9 Å². The van der Waals surface area contributed by atoms with Gasteiger partial charge in [0, 0.05) is 12.1 Å². The molecule has 2 aromatic carbocycles. The highest BCUT2D eigenvalue weighted by Crippen LogP contribution is 2.40. The highest BCUT2D eigenvalue weighted by molar-refractivity contribution is 7.89. The van der Waals surface area contributed by atoms with E-state index < -0.39 is 20.5 Å². The van der Waals surface area contributed by atoms with E-state index in [1.54, 1.807) is 12.1 Å². The van der Waals surface area contributed by atoms with Gasteiger partial charge in [0.2, 0.25) is 10.0 Å². The molecule has 2 aromatic rings. The Hall–Kier alpha value is -2.32. The maximum Gasteiger partial charge on any atom is 0.269 e. The van der Waals surface area contributed by atoms with E-state index in [0.29, 0.717) is 12.8 Å². The lowest BCUT2D eigenvalue weighted by Gasteiger charge is -2.30. The van der Waals surface area contributed by atoms with Gasteiger partial charge in [-0.15, -0.1) is 0 Å². The van der Waals surface area contributed by atoms with Gasteiger partial charge in [0.05, 0.1) is 15.4 Å². The van der Waals surface area contributed by atoms with Gasteiger partial charge in [-0.2, -0.15) is 0 Å². The molecule has 132 valence electrons. The zero-order valence-electron chi connectivity index (χ0n) is 13.3. The van der Waals surface area contributed by atoms with E-state index in [4.69, 9.17) is 0 Å². The second-order valence-electron chi connectivity index (χ2n) is 6.15. The topological polar surface area (TPSA) is 89.3 Å². The molecule has 8 heteroatoms. The molecule has 0 atom stereocenters. The van der Waals surface area contributed by atoms with Gasteiger partial charge in [0.15, 0.2) is 0 Å². The molecule has 1 aliphatic carbocycles. The van der Waals surface area contributed by atoms with Crippen LogP contribution in [-0.4, -0.2) is 13.3 Å². The average molecular weight is 364 g/mol. The van der Waals surface area contributed by atoms with Crippen LogP contribution in [0.25, 0.3) is 0 Å². The van der Waals surface area contributed by atoms with Gasteiger partial charge in [0.1, 0.15) is 5.82 Å². The fraction of sp³-hybridized carbons (Fsp3) is 0.294. The van der Waals surface area contributed by atoms with Crippen molar-refractivity contribution < 1.29 is 17.7 Å². The van der Waals surface area contributed by atoms with Gasteiger partial charge in [-0.3, -0.25) is 10.1 Å². The maximum absolute atomic E-state index is 13.2. The summed E-state index contributed by atoms with van der Waals surface area (Å²) in [7, 11) is -3.87. The molecule has 0 aromatic heterocycles. The van der Waals surface area contributed by atoms with Gasteiger partial charge < -0.3 is 0 Å². The summed E-state index contributed by atoms with van der Waals surface area (Å²) in [6.07, 6.45) is 2.95. The standard InChI is InChI=1S/C17H17FN2O4S/c18-14-5-3-13(4-6-14)17(11-1-2-12-17)19-25(23,24)16-9-7-15(8-10-16)20(21)22/h3-10,19H,1-2,11-12H2. The summed E-state index contributed by atoms with van der Waals surface area (Å²) in [6.45, 7) is 0. The second-order valence-corrected chi connectivity index (χ2v) is 7.84. The Morgan fingerprint density at radius 2 is 1.56 bits per heavy atom. The largest absolute Gasteiger partial charge is 0.269 e. The number of hydrogen-bond donors (Lipinski definition) is 1. The number of nitro groups is 1. The van der Waals surface area contributed by atoms with Crippen molar-refractivity contribution in [2.45, 2.75) is 36.1 Å². The van der Waals surface area contributed by atoms with Gasteiger partial charge >= 0.3 is 0 Å². The van der Waals surface area contributed by atoms with Crippen LogP contribution in [0.3, 0.4) is 0 Å². The normalized spacial score (nSPS) is 16.7. The van der Waals surface area contributed by atoms with Crippen molar-refractivity contribution in [2.75, 3.05) is 0 Å². The van der Waals surface area contributed by atoms with E-state index in [-0.39, 0.29) is 16.4 Å². The van der Waals surface area contributed by atoms with Gasteiger partial charge in [-0.1, -0.05) is 25.0 Å². The molecule has 0 aliphatic heterocycles. The van der Waals surface area contributed by atoms with Crippen LogP contribution < -0.4 is 4.72 Å². The van der Waals surface area contributed by atoms with Gasteiger partial charge in [-0.05, 0) is 42.7 Å². The van der Waals surface area contributed by atoms with E-state index in [0.717, 1.165) is 30.5 Å². The molecule has 6 nitrogen and oxygen atoms in total. The maximum atomic E-state index is 13.2. The molecule has 1 saturated carbocycles. The van der Waals surface area contributed by atoms with Crippen LogP contribution in [0, 0.1) is 15.9 Å². The molecule has 0 heterocycles. The zero-order valence-corrected chi connectivity index (χ0v) is 14.1. The number of sulfonamides is 1. The Morgan fingerprint density at radius 3 is 2.08 bits per heavy atom. The van der Waals surface area contributed by atoms with Crippen LogP contribution in [-0.2, 0) is 15.6 Å². The predicted molar refractivity (Wildman–Crippen MR) is 90.0 cm³/mol. The lowest BCUT2D eigenvalue weighted by Crippen LogP contribution is -2.43. The SMILES string of the molecule is O=[N+]([O-])c1ccc(S(=O)(=O)NC2(c3ccc(F)cc3)CCCC2)cc1. The minimum Gasteiger partial charge on any atom is -0.258 e. The fourth-order valence-electron chi connectivity index (χ4n) is 3.26. The third-order valence-electron chi connectivity index (χ3n) is 4.54. The summed E-state index contributed by atoms with van der Waals surface area (Å²) in [5.41, 5.74) is -0.237. The molecule has 0 unspecified atom stereocenters. The Morgan fingerprint density at radius 1 is 1.00 bits per heavy atom. The molecule has 1 fully saturated rings. The highest BCUT2D eigenvalue weighted by Gasteiger charge is 2.39.